The van der Waals surface area contributed by atoms with Gasteiger partial charge in [-0.1, -0.05) is 36.7 Å². The Balaban J connectivity index is 2.72. The first-order chi connectivity index (χ1) is 6.93. The van der Waals surface area contributed by atoms with Crippen LogP contribution in [0.25, 0.3) is 0 Å². The molecular formula is C11H17BrN2O. The third-order valence-corrected chi connectivity index (χ3v) is 3.89. The van der Waals surface area contributed by atoms with E-state index in [1.165, 1.54) is 0 Å². The standard InChI is InChI=1S/C11H17BrN2O/c1-11(2,3)8(12)7-9-13-6-5-10(14-9)15-4/h5-6,8H,7H2,1-4H3. The van der Waals surface area contributed by atoms with E-state index in [9.17, 15) is 0 Å². The van der Waals surface area contributed by atoms with Crippen molar-refractivity contribution in [2.45, 2.75) is 32.0 Å². The van der Waals surface area contributed by atoms with Gasteiger partial charge in [0.05, 0.1) is 7.11 Å². The minimum Gasteiger partial charge on any atom is -0.481 e. The van der Waals surface area contributed by atoms with Crippen molar-refractivity contribution in [2.24, 2.45) is 5.41 Å². The fraction of sp³-hybridized carbons (Fsp3) is 0.636. The van der Waals surface area contributed by atoms with Crippen molar-refractivity contribution in [1.29, 1.82) is 0 Å². The number of alkyl halides is 1. The largest absolute Gasteiger partial charge is 0.481 e. The van der Waals surface area contributed by atoms with Gasteiger partial charge >= 0.3 is 0 Å². The third kappa shape index (κ3) is 3.78. The Morgan fingerprint density at radius 1 is 1.47 bits per heavy atom. The Labute approximate surface area is 99.4 Å². The summed E-state index contributed by atoms with van der Waals surface area (Å²) < 4.78 is 5.06. The molecule has 0 aliphatic carbocycles. The molecule has 3 nitrogen and oxygen atoms in total. The smallest absolute Gasteiger partial charge is 0.216 e. The zero-order chi connectivity index (χ0) is 11.5. The van der Waals surface area contributed by atoms with E-state index in [0.29, 0.717) is 10.7 Å². The highest BCUT2D eigenvalue weighted by atomic mass is 79.9. The van der Waals surface area contributed by atoms with Crippen LogP contribution in [0.3, 0.4) is 0 Å². The average Bonchev–Trinajstić information content (AvgIpc) is 2.16. The second-order valence-electron chi connectivity index (χ2n) is 4.55. The van der Waals surface area contributed by atoms with Gasteiger partial charge in [0.2, 0.25) is 5.88 Å². The van der Waals surface area contributed by atoms with Gasteiger partial charge in [-0.15, -0.1) is 0 Å². The lowest BCUT2D eigenvalue weighted by molar-refractivity contribution is 0.381. The summed E-state index contributed by atoms with van der Waals surface area (Å²) in [5, 5.41) is 0. The van der Waals surface area contributed by atoms with Crippen LogP contribution in [0.15, 0.2) is 12.3 Å². The van der Waals surface area contributed by atoms with Gasteiger partial charge in [0, 0.05) is 23.5 Å². The maximum atomic E-state index is 5.06. The summed E-state index contributed by atoms with van der Waals surface area (Å²) in [5.74, 6) is 1.43. The second kappa shape index (κ2) is 4.92. The second-order valence-corrected chi connectivity index (χ2v) is 5.66. The van der Waals surface area contributed by atoms with Crippen molar-refractivity contribution in [3.05, 3.63) is 18.1 Å². The van der Waals surface area contributed by atoms with Crippen molar-refractivity contribution < 1.29 is 4.74 Å². The first kappa shape index (κ1) is 12.4. The van der Waals surface area contributed by atoms with Gasteiger partial charge in [-0.2, -0.15) is 4.98 Å². The Hall–Kier alpha value is -0.640. The van der Waals surface area contributed by atoms with Crippen LogP contribution < -0.4 is 4.74 Å². The van der Waals surface area contributed by atoms with Crippen LogP contribution in [0.1, 0.15) is 26.6 Å². The number of hydrogen-bond donors (Lipinski definition) is 0. The molecule has 0 N–H and O–H groups in total. The van der Waals surface area contributed by atoms with Gasteiger partial charge in [0.1, 0.15) is 5.82 Å². The molecule has 0 spiro atoms. The van der Waals surface area contributed by atoms with Gasteiger partial charge in [-0.25, -0.2) is 4.98 Å². The first-order valence-electron chi connectivity index (χ1n) is 4.93. The molecule has 1 rings (SSSR count). The molecule has 0 fully saturated rings. The third-order valence-electron chi connectivity index (χ3n) is 2.19. The molecule has 1 aromatic heterocycles. The van der Waals surface area contributed by atoms with E-state index in [2.05, 4.69) is 46.7 Å². The number of methoxy groups -OCH3 is 1. The number of ether oxygens (including phenoxy) is 1. The van der Waals surface area contributed by atoms with Crippen molar-refractivity contribution in [2.75, 3.05) is 7.11 Å². The lowest BCUT2D eigenvalue weighted by atomic mass is 9.90. The van der Waals surface area contributed by atoms with Crippen LogP contribution in [0.5, 0.6) is 5.88 Å². The van der Waals surface area contributed by atoms with Crippen molar-refractivity contribution in [1.82, 2.24) is 9.97 Å². The lowest BCUT2D eigenvalue weighted by Crippen LogP contribution is -2.23. The van der Waals surface area contributed by atoms with E-state index in [4.69, 9.17) is 4.74 Å². The van der Waals surface area contributed by atoms with E-state index in [-0.39, 0.29) is 5.41 Å². The predicted molar refractivity (Wildman–Crippen MR) is 64.5 cm³/mol. The topological polar surface area (TPSA) is 35.0 Å². The fourth-order valence-corrected chi connectivity index (χ4v) is 1.35. The van der Waals surface area contributed by atoms with E-state index in [1.54, 1.807) is 19.4 Å². The van der Waals surface area contributed by atoms with Crippen LogP contribution in [0.4, 0.5) is 0 Å². The van der Waals surface area contributed by atoms with Crippen LogP contribution in [0, 0.1) is 5.41 Å². The average molecular weight is 273 g/mol. The van der Waals surface area contributed by atoms with Crippen molar-refractivity contribution >= 4 is 15.9 Å². The molecule has 1 unspecified atom stereocenters. The Kier molecular flexibility index (Phi) is 4.08. The molecule has 0 aliphatic rings. The molecule has 4 heteroatoms. The monoisotopic (exact) mass is 272 g/mol. The molecule has 0 saturated carbocycles. The van der Waals surface area contributed by atoms with Gasteiger partial charge in [0.15, 0.2) is 0 Å². The summed E-state index contributed by atoms with van der Waals surface area (Å²) in [4.78, 5) is 8.86. The van der Waals surface area contributed by atoms with E-state index in [0.717, 1.165) is 12.2 Å². The van der Waals surface area contributed by atoms with E-state index < -0.39 is 0 Å². The molecule has 0 saturated heterocycles. The Bertz CT molecular complexity index is 323. The normalized spacial score (nSPS) is 13.7. The molecule has 15 heavy (non-hydrogen) atoms. The highest BCUT2D eigenvalue weighted by molar-refractivity contribution is 9.09. The molecule has 84 valence electrons. The SMILES string of the molecule is COc1ccnc(CC(Br)C(C)(C)C)n1. The summed E-state index contributed by atoms with van der Waals surface area (Å²) in [6.07, 6.45) is 2.53. The Morgan fingerprint density at radius 2 is 2.13 bits per heavy atom. The zero-order valence-electron chi connectivity index (χ0n) is 9.62. The van der Waals surface area contributed by atoms with Crippen molar-refractivity contribution in [3.63, 3.8) is 0 Å². The van der Waals surface area contributed by atoms with Crippen LogP contribution in [-0.2, 0) is 6.42 Å². The highest BCUT2D eigenvalue weighted by Gasteiger charge is 2.22. The molecule has 1 atom stereocenters. The highest BCUT2D eigenvalue weighted by Crippen LogP contribution is 2.28. The summed E-state index contributed by atoms with van der Waals surface area (Å²) in [7, 11) is 1.61. The first-order valence-corrected chi connectivity index (χ1v) is 5.85. The maximum absolute atomic E-state index is 5.06. The van der Waals surface area contributed by atoms with Crippen molar-refractivity contribution in [3.8, 4) is 5.88 Å². The summed E-state index contributed by atoms with van der Waals surface area (Å²) >= 11 is 3.66. The predicted octanol–water partition coefficient (Wildman–Crippen LogP) is 2.84. The molecule has 0 aliphatic heterocycles. The fourth-order valence-electron chi connectivity index (χ4n) is 1.06. The van der Waals surface area contributed by atoms with E-state index >= 15 is 0 Å². The van der Waals surface area contributed by atoms with Crippen LogP contribution >= 0.6 is 15.9 Å². The Morgan fingerprint density at radius 3 is 2.67 bits per heavy atom. The molecule has 0 bridgehead atoms. The molecule has 0 radical (unpaired) electrons. The number of hydrogen-bond acceptors (Lipinski definition) is 3. The summed E-state index contributed by atoms with van der Waals surface area (Å²) in [6, 6.07) is 1.75. The zero-order valence-corrected chi connectivity index (χ0v) is 11.2. The van der Waals surface area contributed by atoms with Gasteiger partial charge in [-0.3, -0.25) is 0 Å². The molecule has 1 heterocycles. The van der Waals surface area contributed by atoms with Crippen LogP contribution in [0.2, 0.25) is 0 Å². The van der Waals surface area contributed by atoms with Gasteiger partial charge < -0.3 is 4.74 Å². The van der Waals surface area contributed by atoms with Gasteiger partial charge in [-0.05, 0) is 5.41 Å². The number of aromatic nitrogens is 2. The summed E-state index contributed by atoms with van der Waals surface area (Å²) in [6.45, 7) is 6.56. The number of rotatable bonds is 3. The minimum absolute atomic E-state index is 0.201. The summed E-state index contributed by atoms with van der Waals surface area (Å²) in [5.41, 5.74) is 0.201. The molecule has 0 amide bonds. The molecular weight excluding hydrogens is 256 g/mol. The van der Waals surface area contributed by atoms with Gasteiger partial charge in [0.25, 0.3) is 0 Å². The maximum Gasteiger partial charge on any atom is 0.216 e. The quantitative estimate of drug-likeness (QED) is 0.794. The van der Waals surface area contributed by atoms with E-state index in [1.807, 2.05) is 0 Å². The van der Waals surface area contributed by atoms with Crippen LogP contribution in [-0.4, -0.2) is 21.9 Å². The molecule has 0 aromatic carbocycles. The molecule has 1 aromatic rings. The lowest BCUT2D eigenvalue weighted by Gasteiger charge is -2.24. The number of nitrogens with zero attached hydrogens (tertiary/aromatic N) is 2. The minimum atomic E-state index is 0.201. The number of halogens is 1.